The van der Waals surface area contributed by atoms with Crippen LogP contribution in [-0.2, 0) is 5.41 Å². The Kier molecular flexibility index (Phi) is 5.66. The Bertz CT molecular complexity index is 1550. The molecule has 6 rings (SSSR count). The van der Waals surface area contributed by atoms with Gasteiger partial charge in [-0.3, -0.25) is 20.1 Å². The molecule has 1 unspecified atom stereocenters. The van der Waals surface area contributed by atoms with E-state index in [4.69, 9.17) is 4.74 Å². The highest BCUT2D eigenvalue weighted by Crippen LogP contribution is 2.41. The highest BCUT2D eigenvalue weighted by molar-refractivity contribution is 7.10. The third kappa shape index (κ3) is 4.00. The lowest BCUT2D eigenvalue weighted by atomic mass is 9.79. The molecule has 36 heavy (non-hydrogen) atoms. The van der Waals surface area contributed by atoms with Gasteiger partial charge in [0.25, 0.3) is 0 Å². The first-order valence-corrected chi connectivity index (χ1v) is 12.7. The van der Waals surface area contributed by atoms with Crippen LogP contribution in [0.4, 0.5) is 0 Å². The summed E-state index contributed by atoms with van der Waals surface area (Å²) in [4.78, 5) is 20.6. The van der Waals surface area contributed by atoms with Crippen molar-refractivity contribution in [2.75, 3.05) is 33.8 Å². The standard InChI is InChI=1S/C27H27N7OS/c1-27(25-5-4-8-36-25)16-29-14-24-20(27)11-22(31-24)26-19-10-21(30-15-23(19)32-33-26)17-9-18(13-28-12-17)35-7-6-34(2)3/h4-5,8-15,31H,6-7,16H2,1-3H3,(H,32,33). The van der Waals surface area contributed by atoms with E-state index in [0.717, 1.165) is 58.1 Å². The number of nitrogens with one attached hydrogen (secondary N) is 2. The van der Waals surface area contributed by atoms with E-state index in [1.807, 2.05) is 38.8 Å². The maximum absolute atomic E-state index is 5.87. The Labute approximate surface area is 213 Å². The monoisotopic (exact) mass is 497 g/mol. The van der Waals surface area contributed by atoms with Crippen molar-refractivity contribution in [1.29, 1.82) is 0 Å². The maximum Gasteiger partial charge on any atom is 0.138 e. The maximum atomic E-state index is 5.87. The van der Waals surface area contributed by atoms with Crippen LogP contribution in [0.25, 0.3) is 33.5 Å². The van der Waals surface area contributed by atoms with Gasteiger partial charge in [0.15, 0.2) is 0 Å². The zero-order valence-electron chi connectivity index (χ0n) is 20.4. The molecule has 0 saturated carbocycles. The van der Waals surface area contributed by atoms with Gasteiger partial charge in [-0.2, -0.15) is 5.10 Å². The van der Waals surface area contributed by atoms with E-state index in [9.17, 15) is 0 Å². The minimum atomic E-state index is -0.162. The number of aromatic nitrogens is 5. The number of aromatic amines is 2. The van der Waals surface area contributed by atoms with Crippen molar-refractivity contribution in [3.8, 4) is 28.4 Å². The first-order chi connectivity index (χ1) is 17.5. The summed E-state index contributed by atoms with van der Waals surface area (Å²) in [6, 6.07) is 10.5. The summed E-state index contributed by atoms with van der Waals surface area (Å²) >= 11 is 1.77. The molecule has 2 N–H and O–H groups in total. The molecule has 0 saturated heterocycles. The van der Waals surface area contributed by atoms with Crippen molar-refractivity contribution >= 4 is 28.5 Å². The van der Waals surface area contributed by atoms with Crippen molar-refractivity contribution in [2.24, 2.45) is 4.99 Å². The number of thiophene rings is 1. The number of nitrogens with zero attached hydrogens (tertiary/aromatic N) is 5. The third-order valence-electron chi connectivity index (χ3n) is 6.65. The van der Waals surface area contributed by atoms with Crippen LogP contribution in [0, 0.1) is 0 Å². The average Bonchev–Trinajstić information content (AvgIpc) is 3.63. The van der Waals surface area contributed by atoms with E-state index in [1.54, 1.807) is 17.5 Å². The molecule has 0 bridgehead atoms. The fraction of sp³-hybridized carbons (Fsp3) is 0.259. The van der Waals surface area contributed by atoms with Gasteiger partial charge in [-0.25, -0.2) is 0 Å². The van der Waals surface area contributed by atoms with E-state index >= 15 is 0 Å². The molecule has 1 aliphatic heterocycles. The van der Waals surface area contributed by atoms with Crippen LogP contribution in [0.15, 0.2) is 59.3 Å². The predicted octanol–water partition coefficient (Wildman–Crippen LogP) is 4.76. The number of hydrogen-bond acceptors (Lipinski definition) is 7. The smallest absolute Gasteiger partial charge is 0.138 e. The van der Waals surface area contributed by atoms with E-state index < -0.39 is 0 Å². The lowest BCUT2D eigenvalue weighted by Gasteiger charge is -2.29. The number of rotatable bonds is 7. The molecular formula is C27H27N7OS. The van der Waals surface area contributed by atoms with Gasteiger partial charge in [0.1, 0.15) is 18.1 Å². The highest BCUT2D eigenvalue weighted by Gasteiger charge is 2.35. The van der Waals surface area contributed by atoms with Crippen LogP contribution in [0.2, 0.25) is 0 Å². The molecule has 0 fully saturated rings. The average molecular weight is 498 g/mol. The predicted molar refractivity (Wildman–Crippen MR) is 144 cm³/mol. The highest BCUT2D eigenvalue weighted by atomic mass is 32.1. The first kappa shape index (κ1) is 22.6. The number of aliphatic imine (C=N–C) groups is 1. The second-order valence-electron chi connectivity index (χ2n) is 9.54. The Morgan fingerprint density at radius 2 is 2.08 bits per heavy atom. The Balaban J connectivity index is 1.36. The van der Waals surface area contributed by atoms with Gasteiger partial charge < -0.3 is 14.6 Å². The van der Waals surface area contributed by atoms with E-state index in [2.05, 4.69) is 71.6 Å². The van der Waals surface area contributed by atoms with Crippen LogP contribution >= 0.6 is 11.3 Å². The molecule has 182 valence electrons. The summed E-state index contributed by atoms with van der Waals surface area (Å²) in [5.74, 6) is 0.729. The van der Waals surface area contributed by atoms with Crippen molar-refractivity contribution < 1.29 is 4.74 Å². The van der Waals surface area contributed by atoms with E-state index in [-0.39, 0.29) is 5.41 Å². The van der Waals surface area contributed by atoms with E-state index in [1.165, 1.54) is 10.4 Å². The molecule has 0 spiro atoms. The summed E-state index contributed by atoms with van der Waals surface area (Å²) in [5, 5.41) is 10.9. The Hall–Kier alpha value is -3.82. The number of fused-ring (bicyclic) bond motifs is 2. The Morgan fingerprint density at radius 1 is 1.17 bits per heavy atom. The molecule has 0 amide bonds. The summed E-state index contributed by atoms with van der Waals surface area (Å²) in [6.45, 7) is 4.43. The van der Waals surface area contributed by atoms with Crippen LogP contribution in [0.3, 0.4) is 0 Å². The largest absolute Gasteiger partial charge is 0.491 e. The fourth-order valence-electron chi connectivity index (χ4n) is 4.63. The molecular weight excluding hydrogens is 470 g/mol. The minimum absolute atomic E-state index is 0.162. The summed E-state index contributed by atoms with van der Waals surface area (Å²) in [7, 11) is 4.05. The molecule has 1 aliphatic rings. The second-order valence-corrected chi connectivity index (χ2v) is 10.5. The number of hydrogen-bond donors (Lipinski definition) is 2. The number of likely N-dealkylation sites (N-methyl/N-ethyl adjacent to an activating group) is 1. The first-order valence-electron chi connectivity index (χ1n) is 11.9. The van der Waals surface area contributed by atoms with Gasteiger partial charge in [-0.15, -0.1) is 11.3 Å². The zero-order chi connectivity index (χ0) is 24.7. The molecule has 0 aromatic carbocycles. The molecule has 1 atom stereocenters. The fourth-order valence-corrected chi connectivity index (χ4v) is 5.52. The normalized spacial score (nSPS) is 17.1. The SMILES string of the molecule is CN(C)CCOc1cncc(-c2cc3c(-c4cc5c([nH]4)C=NCC5(C)c4cccs4)n[nH]c3cn2)c1. The van der Waals surface area contributed by atoms with Gasteiger partial charge in [0.05, 0.1) is 41.5 Å². The van der Waals surface area contributed by atoms with Gasteiger partial charge in [-0.1, -0.05) is 6.07 Å². The van der Waals surface area contributed by atoms with E-state index in [0.29, 0.717) is 6.61 Å². The van der Waals surface area contributed by atoms with Crippen molar-refractivity contribution in [3.63, 3.8) is 0 Å². The van der Waals surface area contributed by atoms with Crippen LogP contribution in [-0.4, -0.2) is 70.1 Å². The third-order valence-corrected chi connectivity index (χ3v) is 7.79. The molecule has 5 aromatic rings. The number of pyridine rings is 2. The van der Waals surface area contributed by atoms with Gasteiger partial charge in [-0.05, 0) is 56.2 Å². The van der Waals surface area contributed by atoms with Gasteiger partial charge in [0.2, 0.25) is 0 Å². The summed E-state index contributed by atoms with van der Waals surface area (Å²) in [5.41, 5.74) is 6.52. The number of ether oxygens (including phenoxy) is 1. The van der Waals surface area contributed by atoms with Gasteiger partial charge in [0, 0.05) is 40.2 Å². The van der Waals surface area contributed by atoms with Crippen molar-refractivity contribution in [3.05, 3.63) is 70.4 Å². The minimum Gasteiger partial charge on any atom is -0.491 e. The second kappa shape index (κ2) is 9.00. The number of H-pyrrole nitrogens is 2. The molecule has 6 heterocycles. The van der Waals surface area contributed by atoms with Crippen molar-refractivity contribution in [2.45, 2.75) is 12.3 Å². The summed E-state index contributed by atoms with van der Waals surface area (Å²) < 4.78 is 5.87. The quantitative estimate of drug-likeness (QED) is 0.338. The van der Waals surface area contributed by atoms with Gasteiger partial charge >= 0.3 is 0 Å². The van der Waals surface area contributed by atoms with Crippen molar-refractivity contribution in [1.82, 2.24) is 30.0 Å². The molecule has 9 heteroatoms. The summed E-state index contributed by atoms with van der Waals surface area (Å²) in [6.07, 6.45) is 7.30. The molecule has 5 aromatic heterocycles. The van der Waals surface area contributed by atoms with Crippen LogP contribution in [0.5, 0.6) is 5.75 Å². The molecule has 0 radical (unpaired) electrons. The zero-order valence-corrected chi connectivity index (χ0v) is 21.3. The van der Waals surface area contributed by atoms with Crippen LogP contribution in [0.1, 0.15) is 23.1 Å². The molecule has 0 aliphatic carbocycles. The lowest BCUT2D eigenvalue weighted by Crippen LogP contribution is -2.29. The Morgan fingerprint density at radius 3 is 2.92 bits per heavy atom. The van der Waals surface area contributed by atoms with Crippen LogP contribution < -0.4 is 4.74 Å². The molecule has 8 nitrogen and oxygen atoms in total. The topological polar surface area (TPSA) is 95.1 Å². The lowest BCUT2D eigenvalue weighted by molar-refractivity contribution is 0.261.